The fourth-order valence-corrected chi connectivity index (χ4v) is 5.06. The van der Waals surface area contributed by atoms with Crippen LogP contribution in [0.15, 0.2) is 53.7 Å². The van der Waals surface area contributed by atoms with Crippen molar-refractivity contribution < 1.29 is 14.2 Å². The topological polar surface area (TPSA) is 126 Å². The lowest BCUT2D eigenvalue weighted by Gasteiger charge is -2.23. The minimum atomic E-state index is -3.78. The fourth-order valence-electron chi connectivity index (χ4n) is 4.21. The number of aromatic nitrogens is 4. The van der Waals surface area contributed by atoms with Gasteiger partial charge >= 0.3 is 0 Å². The van der Waals surface area contributed by atoms with Gasteiger partial charge in [-0.3, -0.25) is 4.98 Å². The van der Waals surface area contributed by atoms with E-state index in [1.807, 2.05) is 20.8 Å². The lowest BCUT2D eigenvalue weighted by atomic mass is 9.96. The van der Waals surface area contributed by atoms with Gasteiger partial charge in [0.15, 0.2) is 9.84 Å². The van der Waals surface area contributed by atoms with Crippen molar-refractivity contribution >= 4 is 32.1 Å². The molecule has 0 radical (unpaired) electrons. The molecule has 202 valence electrons. The monoisotopic (exact) mass is 548 g/mol. The van der Waals surface area contributed by atoms with Crippen LogP contribution in [0.2, 0.25) is 0 Å². The number of hydrogen-bond donors (Lipinski definition) is 2. The fraction of sp³-hybridized carbons (Fsp3) is 0.357. The predicted octanol–water partition coefficient (Wildman–Crippen LogP) is 5.23. The summed E-state index contributed by atoms with van der Waals surface area (Å²) in [5.74, 6) is -0.456. The van der Waals surface area contributed by atoms with Gasteiger partial charge in [-0.1, -0.05) is 38.1 Å². The lowest BCUT2D eigenvalue weighted by molar-refractivity contribution is 0.443. The zero-order valence-electron chi connectivity index (χ0n) is 23.2. The average molecular weight is 549 g/mol. The Hall–Kier alpha value is -4.04. The van der Waals surface area contributed by atoms with Crippen LogP contribution in [0.4, 0.5) is 15.8 Å². The highest BCUT2D eigenvalue weighted by Crippen LogP contribution is 2.37. The summed E-state index contributed by atoms with van der Waals surface area (Å²) < 4.78 is 51.0. The van der Waals surface area contributed by atoms with Crippen LogP contribution >= 0.6 is 0 Å². The number of nitrogens with one attached hydrogen (secondary N) is 2. The van der Waals surface area contributed by atoms with Crippen LogP contribution in [0.3, 0.4) is 0 Å². The van der Waals surface area contributed by atoms with E-state index in [-0.39, 0.29) is 38.8 Å². The number of rotatable bonds is 8. The first kappa shape index (κ1) is 25.2. The molecule has 39 heavy (non-hydrogen) atoms. The zero-order chi connectivity index (χ0) is 28.9. The van der Waals surface area contributed by atoms with E-state index in [1.165, 1.54) is 36.5 Å². The van der Waals surface area contributed by atoms with Gasteiger partial charge in [-0.05, 0) is 48.1 Å². The Labute approximate surface area is 228 Å². The van der Waals surface area contributed by atoms with Crippen molar-refractivity contribution in [1.82, 2.24) is 20.0 Å². The third kappa shape index (κ3) is 5.86. The molecule has 4 aromatic rings. The van der Waals surface area contributed by atoms with Crippen LogP contribution in [0.5, 0.6) is 0 Å². The van der Waals surface area contributed by atoms with Crippen molar-refractivity contribution in [3.05, 3.63) is 71.4 Å². The summed E-state index contributed by atoms with van der Waals surface area (Å²) >= 11 is 0. The molecule has 2 aromatic heterocycles. The molecule has 1 aliphatic carbocycles. The minimum absolute atomic E-state index is 0.0566. The number of pyridine rings is 1. The molecule has 0 spiro atoms. The number of halogens is 1. The molecule has 2 heterocycles. The van der Waals surface area contributed by atoms with Gasteiger partial charge in [0.1, 0.15) is 17.6 Å². The number of nitrogens with zero attached hydrogens (tertiary/aromatic N) is 5. The van der Waals surface area contributed by atoms with E-state index in [0.29, 0.717) is 23.2 Å². The van der Waals surface area contributed by atoms with Gasteiger partial charge < -0.3 is 10.6 Å². The molecule has 0 amide bonds. The van der Waals surface area contributed by atoms with Crippen molar-refractivity contribution in [2.75, 3.05) is 23.4 Å². The maximum Gasteiger partial charge on any atom is 0.177 e. The van der Waals surface area contributed by atoms with Gasteiger partial charge in [-0.25, -0.2) is 17.5 Å². The first-order valence-electron chi connectivity index (χ1n) is 13.1. The van der Waals surface area contributed by atoms with Gasteiger partial charge in [0, 0.05) is 30.1 Å². The Morgan fingerprint density at radius 2 is 1.97 bits per heavy atom. The van der Waals surface area contributed by atoms with Crippen molar-refractivity contribution in [3.63, 3.8) is 0 Å². The normalized spacial score (nSPS) is 15.8. The summed E-state index contributed by atoms with van der Waals surface area (Å²) in [6.07, 6.45) is 6.07. The number of sulfone groups is 1. The molecule has 9 nitrogen and oxygen atoms in total. The third-order valence-corrected chi connectivity index (χ3v) is 7.45. The number of benzene rings is 2. The number of anilines is 2. The second-order valence-electron chi connectivity index (χ2n) is 11.0. The lowest BCUT2D eigenvalue weighted by Crippen LogP contribution is -2.20. The van der Waals surface area contributed by atoms with Crippen molar-refractivity contribution in [2.45, 2.75) is 50.6 Å². The highest BCUT2D eigenvalue weighted by atomic mass is 32.2. The summed E-state index contributed by atoms with van der Waals surface area (Å²) in [4.78, 5) is 4.28. The van der Waals surface area contributed by atoms with Gasteiger partial charge in [0.2, 0.25) is 0 Å². The van der Waals surface area contributed by atoms with Crippen molar-refractivity contribution in [3.8, 4) is 6.07 Å². The van der Waals surface area contributed by atoms with Crippen molar-refractivity contribution in [2.24, 2.45) is 5.41 Å². The smallest absolute Gasteiger partial charge is 0.177 e. The summed E-state index contributed by atoms with van der Waals surface area (Å²) in [6.45, 7) is 6.62. The Bertz CT molecular complexity index is 1740. The Balaban J connectivity index is 1.71. The maximum absolute atomic E-state index is 13.8. The molecule has 1 atom stereocenters. The van der Waals surface area contributed by atoms with Crippen LogP contribution in [-0.4, -0.2) is 41.2 Å². The summed E-state index contributed by atoms with van der Waals surface area (Å²) in [6, 6.07) is 9.18. The quantitative estimate of drug-likeness (QED) is 0.306. The second-order valence-corrected chi connectivity index (χ2v) is 13.0. The largest absolute Gasteiger partial charge is 0.383 e. The van der Waals surface area contributed by atoms with Crippen LogP contribution in [-0.2, 0) is 9.84 Å². The predicted molar refractivity (Wildman–Crippen MR) is 148 cm³/mol. The molecule has 1 aliphatic rings. The molecule has 0 bridgehead atoms. The summed E-state index contributed by atoms with van der Waals surface area (Å²) in [5.41, 5.74) is 1.72. The van der Waals surface area contributed by atoms with Crippen LogP contribution in [0.1, 0.15) is 63.9 Å². The Morgan fingerprint density at radius 1 is 1.26 bits per heavy atom. The van der Waals surface area contributed by atoms with E-state index < -0.39 is 21.7 Å². The van der Waals surface area contributed by atoms with E-state index in [1.54, 1.807) is 16.9 Å². The van der Waals surface area contributed by atoms with E-state index in [0.717, 1.165) is 19.1 Å². The number of nitriles is 1. The average Bonchev–Trinajstić information content (AvgIpc) is 3.61. The molecule has 0 saturated heterocycles. The zero-order valence-corrected chi connectivity index (χ0v) is 23.0. The number of hydrogen-bond acceptors (Lipinski definition) is 8. The molecule has 1 saturated carbocycles. The van der Waals surface area contributed by atoms with Gasteiger partial charge in [-0.15, -0.1) is 5.10 Å². The molecule has 1 fully saturated rings. The van der Waals surface area contributed by atoms with Crippen molar-refractivity contribution in [1.29, 1.82) is 5.26 Å². The molecule has 5 rings (SSSR count). The molecule has 0 aliphatic heterocycles. The Morgan fingerprint density at radius 3 is 2.59 bits per heavy atom. The SMILES string of the molecule is [2H]C(Nc1cc(S(C)(=O)=O)c2ncc(C#N)c(NCC(C)(C)C)c2c1)(c1ccc(F)cc1)c1cn(C2CC2)nn1. The van der Waals surface area contributed by atoms with Crippen LogP contribution in [0.25, 0.3) is 10.9 Å². The van der Waals surface area contributed by atoms with E-state index in [9.17, 15) is 19.4 Å². The standard InChI is InChI=1S/C28H30FN7O2S/c1-28(2,3)16-32-25-18(13-30)14-31-27-22(25)11-20(12-24(27)39(4,37)38)33-26(17-5-7-19(29)8-6-17)23-15-36(35-34-23)21-9-10-21/h5-8,11-12,14-15,21,26,33H,9-10,16H2,1-4H3,(H,31,32)/i26D. The summed E-state index contributed by atoms with van der Waals surface area (Å²) in [5, 5.41) is 25.2. The van der Waals surface area contributed by atoms with Crippen LogP contribution in [0, 0.1) is 22.6 Å². The van der Waals surface area contributed by atoms with Gasteiger partial charge in [-0.2, -0.15) is 5.26 Å². The van der Waals surface area contributed by atoms with E-state index in [2.05, 4.69) is 32.0 Å². The highest BCUT2D eigenvalue weighted by Gasteiger charge is 2.28. The first-order chi connectivity index (χ1) is 18.8. The molecule has 2 N–H and O–H groups in total. The van der Waals surface area contributed by atoms with Gasteiger partial charge in [0.05, 0.1) is 41.3 Å². The molecular weight excluding hydrogens is 517 g/mol. The van der Waals surface area contributed by atoms with Crippen LogP contribution < -0.4 is 10.6 Å². The second kappa shape index (κ2) is 9.93. The minimum Gasteiger partial charge on any atom is -0.383 e. The molecular formula is C28H30FN7O2S. The highest BCUT2D eigenvalue weighted by molar-refractivity contribution is 7.91. The third-order valence-electron chi connectivity index (χ3n) is 6.34. The number of fused-ring (bicyclic) bond motifs is 1. The Kier molecular flexibility index (Phi) is 6.43. The van der Waals surface area contributed by atoms with E-state index >= 15 is 0 Å². The maximum atomic E-state index is 13.8. The van der Waals surface area contributed by atoms with Gasteiger partial charge in [0.25, 0.3) is 0 Å². The molecule has 11 heteroatoms. The molecule has 1 unspecified atom stereocenters. The first-order valence-corrected chi connectivity index (χ1v) is 14.4. The van der Waals surface area contributed by atoms with E-state index in [4.69, 9.17) is 0 Å². The summed E-state index contributed by atoms with van der Waals surface area (Å²) in [7, 11) is -3.78. The molecule has 2 aromatic carbocycles.